The monoisotopic (exact) mass is 410 g/mol. The lowest BCUT2D eigenvalue weighted by Gasteiger charge is -2.27. The number of fused-ring (bicyclic) bond motifs is 1. The number of benzene rings is 2. The number of amides is 2. The van der Waals surface area contributed by atoms with Crippen molar-refractivity contribution in [3.63, 3.8) is 0 Å². The van der Waals surface area contributed by atoms with E-state index in [-0.39, 0.29) is 23.8 Å². The molecule has 2 aromatic carbocycles. The highest BCUT2D eigenvalue weighted by Gasteiger charge is 2.37. The van der Waals surface area contributed by atoms with E-state index in [1.807, 2.05) is 20.8 Å². The highest BCUT2D eigenvalue weighted by atomic mass is 16.5. The third-order valence-electron chi connectivity index (χ3n) is 4.75. The molecule has 7 nitrogen and oxygen atoms in total. The van der Waals surface area contributed by atoms with E-state index in [2.05, 4.69) is 5.32 Å². The molecule has 2 amide bonds. The van der Waals surface area contributed by atoms with Gasteiger partial charge in [-0.25, -0.2) is 0 Å². The van der Waals surface area contributed by atoms with Crippen molar-refractivity contribution in [2.45, 2.75) is 34.1 Å². The number of ether oxygens (including phenoxy) is 2. The number of carbonyl (C=O) groups excluding carboxylic acids is 3. The number of esters is 1. The summed E-state index contributed by atoms with van der Waals surface area (Å²) in [6, 6.07) is 11.7. The fourth-order valence-electron chi connectivity index (χ4n) is 3.26. The van der Waals surface area contributed by atoms with Gasteiger partial charge in [-0.2, -0.15) is 0 Å². The molecule has 30 heavy (non-hydrogen) atoms. The molecule has 0 atom stereocenters. The van der Waals surface area contributed by atoms with E-state index in [9.17, 15) is 14.4 Å². The second-order valence-corrected chi connectivity index (χ2v) is 7.86. The van der Waals surface area contributed by atoms with Crippen LogP contribution < -0.4 is 19.7 Å². The Labute approximate surface area is 176 Å². The van der Waals surface area contributed by atoms with E-state index in [1.165, 1.54) is 6.92 Å². The Morgan fingerprint density at radius 1 is 1.20 bits per heavy atom. The van der Waals surface area contributed by atoms with Crippen molar-refractivity contribution in [3.05, 3.63) is 48.0 Å². The zero-order valence-corrected chi connectivity index (χ0v) is 17.7. The fraction of sp³-hybridized carbons (Fsp3) is 0.348. The van der Waals surface area contributed by atoms with Crippen LogP contribution >= 0.6 is 0 Å². The van der Waals surface area contributed by atoms with Gasteiger partial charge in [0.2, 0.25) is 5.91 Å². The van der Waals surface area contributed by atoms with Crippen molar-refractivity contribution in [2.75, 3.05) is 23.4 Å². The maximum absolute atomic E-state index is 13.0. The molecule has 2 aromatic rings. The summed E-state index contributed by atoms with van der Waals surface area (Å²) in [6.45, 7) is 7.83. The number of carbonyl (C=O) groups is 3. The third-order valence-corrected chi connectivity index (χ3v) is 4.75. The Morgan fingerprint density at radius 2 is 1.93 bits per heavy atom. The zero-order valence-electron chi connectivity index (χ0n) is 17.7. The average molecular weight is 410 g/mol. The summed E-state index contributed by atoms with van der Waals surface area (Å²) in [5.74, 6) is -0.165. The molecule has 1 heterocycles. The quantitative estimate of drug-likeness (QED) is 0.594. The maximum Gasteiger partial charge on any atom is 0.308 e. The number of nitrogens with zero attached hydrogens (tertiary/aromatic N) is 1. The van der Waals surface area contributed by atoms with Gasteiger partial charge in [0.25, 0.3) is 5.91 Å². The number of anilines is 2. The molecular weight excluding hydrogens is 384 g/mol. The Balaban J connectivity index is 1.92. The minimum Gasteiger partial charge on any atom is -0.490 e. The van der Waals surface area contributed by atoms with Crippen LogP contribution in [0, 0.1) is 5.41 Å². The Kier molecular flexibility index (Phi) is 6.10. The molecule has 1 aliphatic rings. The lowest BCUT2D eigenvalue weighted by atomic mass is 9.93. The molecule has 7 heteroatoms. The van der Waals surface area contributed by atoms with Gasteiger partial charge in [-0.15, -0.1) is 0 Å². The number of nitrogens with one attached hydrogen (secondary N) is 1. The van der Waals surface area contributed by atoms with Crippen LogP contribution in [0.15, 0.2) is 42.5 Å². The lowest BCUT2D eigenvalue weighted by molar-refractivity contribution is -0.132. The first-order valence-electron chi connectivity index (χ1n) is 9.90. The van der Waals surface area contributed by atoms with Crippen LogP contribution in [0.2, 0.25) is 0 Å². The first-order valence-corrected chi connectivity index (χ1v) is 9.90. The van der Waals surface area contributed by atoms with Gasteiger partial charge in [-0.1, -0.05) is 19.1 Å². The third kappa shape index (κ3) is 4.45. The minimum absolute atomic E-state index is 0.0215. The van der Waals surface area contributed by atoms with Crippen molar-refractivity contribution in [2.24, 2.45) is 5.41 Å². The molecule has 0 aliphatic carbocycles. The second kappa shape index (κ2) is 8.57. The SMILES string of the molecule is CCCN1C(=O)C(C)(C)COc2ccc(NC(=O)c3ccccc3OC(C)=O)cc21. The van der Waals surface area contributed by atoms with Crippen molar-refractivity contribution in [1.82, 2.24) is 0 Å². The second-order valence-electron chi connectivity index (χ2n) is 7.86. The van der Waals surface area contributed by atoms with Crippen LogP contribution in [0.4, 0.5) is 11.4 Å². The van der Waals surface area contributed by atoms with Crippen molar-refractivity contribution >= 4 is 29.2 Å². The summed E-state index contributed by atoms with van der Waals surface area (Å²) in [4.78, 5) is 38.9. The van der Waals surface area contributed by atoms with Crippen LogP contribution in [-0.4, -0.2) is 30.9 Å². The van der Waals surface area contributed by atoms with Crippen molar-refractivity contribution in [3.8, 4) is 11.5 Å². The predicted octanol–water partition coefficient (Wildman–Crippen LogP) is 4.03. The summed E-state index contributed by atoms with van der Waals surface area (Å²) >= 11 is 0. The van der Waals surface area contributed by atoms with Gasteiger partial charge in [0, 0.05) is 19.2 Å². The molecule has 3 rings (SSSR count). The molecule has 0 aromatic heterocycles. The number of hydrogen-bond acceptors (Lipinski definition) is 5. The van der Waals surface area contributed by atoms with Crippen molar-refractivity contribution < 1.29 is 23.9 Å². The minimum atomic E-state index is -0.652. The fourth-order valence-corrected chi connectivity index (χ4v) is 3.26. The van der Waals surface area contributed by atoms with Crippen LogP contribution in [0.5, 0.6) is 11.5 Å². The highest BCUT2D eigenvalue weighted by molar-refractivity contribution is 6.07. The molecule has 1 N–H and O–H groups in total. The smallest absolute Gasteiger partial charge is 0.308 e. The van der Waals surface area contributed by atoms with E-state index in [1.54, 1.807) is 47.4 Å². The molecule has 0 fully saturated rings. The number of para-hydroxylation sites is 1. The normalized spacial score (nSPS) is 14.9. The molecular formula is C23H26N2O5. The highest BCUT2D eigenvalue weighted by Crippen LogP contribution is 2.38. The van der Waals surface area contributed by atoms with Crippen LogP contribution in [0.3, 0.4) is 0 Å². The topological polar surface area (TPSA) is 84.9 Å². The van der Waals surface area contributed by atoms with E-state index in [0.29, 0.717) is 23.7 Å². The summed E-state index contributed by atoms with van der Waals surface area (Å²) < 4.78 is 11.0. The predicted molar refractivity (Wildman–Crippen MR) is 114 cm³/mol. The van der Waals surface area contributed by atoms with E-state index in [4.69, 9.17) is 9.47 Å². The molecule has 0 bridgehead atoms. The van der Waals surface area contributed by atoms with Crippen LogP contribution in [0.25, 0.3) is 0 Å². The molecule has 0 saturated heterocycles. The molecule has 0 spiro atoms. The largest absolute Gasteiger partial charge is 0.490 e. The van der Waals surface area contributed by atoms with Gasteiger partial charge < -0.3 is 19.7 Å². The maximum atomic E-state index is 13.0. The van der Waals surface area contributed by atoms with E-state index < -0.39 is 17.3 Å². The molecule has 1 aliphatic heterocycles. The molecule has 0 unspecified atom stereocenters. The van der Waals surface area contributed by atoms with Crippen LogP contribution in [-0.2, 0) is 9.59 Å². The van der Waals surface area contributed by atoms with Gasteiger partial charge in [0.05, 0.1) is 16.7 Å². The summed E-state index contributed by atoms with van der Waals surface area (Å²) in [7, 11) is 0. The van der Waals surface area contributed by atoms with Gasteiger partial charge in [0.15, 0.2) is 0 Å². The molecule has 0 saturated carbocycles. The molecule has 0 radical (unpaired) electrons. The van der Waals surface area contributed by atoms with Gasteiger partial charge >= 0.3 is 5.97 Å². The van der Waals surface area contributed by atoms with E-state index >= 15 is 0 Å². The first-order chi connectivity index (χ1) is 14.2. The number of hydrogen-bond donors (Lipinski definition) is 1. The van der Waals surface area contributed by atoms with Crippen molar-refractivity contribution in [1.29, 1.82) is 0 Å². The van der Waals surface area contributed by atoms with Gasteiger partial charge in [-0.3, -0.25) is 14.4 Å². The summed E-state index contributed by atoms with van der Waals surface area (Å²) in [6.07, 6.45) is 0.785. The summed E-state index contributed by atoms with van der Waals surface area (Å²) in [5.41, 5.74) is 0.717. The van der Waals surface area contributed by atoms with Crippen LogP contribution in [0.1, 0.15) is 44.5 Å². The Hall–Kier alpha value is -3.35. The van der Waals surface area contributed by atoms with Gasteiger partial charge in [0.1, 0.15) is 18.1 Å². The molecule has 158 valence electrons. The first kappa shape index (κ1) is 21.4. The van der Waals surface area contributed by atoms with Gasteiger partial charge in [-0.05, 0) is 50.6 Å². The zero-order chi connectivity index (χ0) is 21.9. The lowest BCUT2D eigenvalue weighted by Crippen LogP contribution is -2.42. The number of rotatable bonds is 5. The van der Waals surface area contributed by atoms with E-state index in [0.717, 1.165) is 6.42 Å². The standard InChI is InChI=1S/C23H26N2O5/c1-5-12-25-18-13-16(10-11-20(18)29-14-23(3,4)22(25)28)24-21(27)17-8-6-7-9-19(17)30-15(2)26/h6-11,13H,5,12,14H2,1-4H3,(H,24,27). The summed E-state index contributed by atoms with van der Waals surface area (Å²) in [5, 5.41) is 2.82. The Bertz CT molecular complexity index is 983. The Morgan fingerprint density at radius 3 is 2.63 bits per heavy atom. The average Bonchev–Trinajstić information content (AvgIpc) is 2.78.